The Morgan fingerprint density at radius 2 is 1.79 bits per heavy atom. The molecule has 86 valence electrons. The molecule has 2 atom stereocenters. The fourth-order valence-electron chi connectivity index (χ4n) is 1.69. The van der Waals surface area contributed by atoms with Gasteiger partial charge < -0.3 is 4.74 Å². The molecule has 0 rings (SSSR count). The van der Waals surface area contributed by atoms with Crippen LogP contribution in [0.2, 0.25) is 0 Å². The van der Waals surface area contributed by atoms with E-state index in [0.29, 0.717) is 12.1 Å². The van der Waals surface area contributed by atoms with Crippen LogP contribution < -0.4 is 0 Å². The topological polar surface area (TPSA) is 12.5 Å². The first-order valence-corrected chi connectivity index (χ1v) is 5.60. The Balaban J connectivity index is 4.48. The molecule has 14 heavy (non-hydrogen) atoms. The number of likely N-dealkylation sites (N-methyl/N-ethyl adjacent to an activating group) is 1. The number of hydrogen-bond acceptors (Lipinski definition) is 2. The minimum atomic E-state index is 0.215. The summed E-state index contributed by atoms with van der Waals surface area (Å²) in [6.07, 6.45) is 2.71. The van der Waals surface area contributed by atoms with Crippen molar-refractivity contribution in [1.29, 1.82) is 0 Å². The summed E-state index contributed by atoms with van der Waals surface area (Å²) in [6.45, 7) is 11.1. The van der Waals surface area contributed by atoms with E-state index in [2.05, 4.69) is 46.6 Å². The Bertz CT molecular complexity index is 151. The van der Waals surface area contributed by atoms with Gasteiger partial charge in [0.1, 0.15) is 0 Å². The van der Waals surface area contributed by atoms with Crippen molar-refractivity contribution in [3.63, 3.8) is 0 Å². The summed E-state index contributed by atoms with van der Waals surface area (Å²) < 4.78 is 5.44. The van der Waals surface area contributed by atoms with Crippen LogP contribution in [0.3, 0.4) is 0 Å². The lowest BCUT2D eigenvalue weighted by atomic mass is 9.98. The minimum absolute atomic E-state index is 0.215. The predicted molar refractivity (Wildman–Crippen MR) is 62.7 cm³/mol. The molecule has 0 aliphatic carbocycles. The van der Waals surface area contributed by atoms with Crippen molar-refractivity contribution in [1.82, 2.24) is 4.90 Å². The fourth-order valence-corrected chi connectivity index (χ4v) is 1.69. The summed E-state index contributed by atoms with van der Waals surface area (Å²) in [5.74, 6) is 0. The number of nitrogens with zero attached hydrogens (tertiary/aromatic N) is 1. The summed E-state index contributed by atoms with van der Waals surface area (Å²) in [4.78, 5) is 2.42. The van der Waals surface area contributed by atoms with Crippen molar-refractivity contribution in [3.8, 4) is 0 Å². The molecule has 0 aromatic rings. The minimum Gasteiger partial charge on any atom is -0.380 e. The first-order valence-electron chi connectivity index (χ1n) is 5.60. The highest BCUT2D eigenvalue weighted by atomic mass is 16.5. The molecular formula is C12H27NO. The molecule has 2 heteroatoms. The monoisotopic (exact) mass is 201 g/mol. The lowest BCUT2D eigenvalue weighted by molar-refractivity contribution is -0.00344. The van der Waals surface area contributed by atoms with Crippen LogP contribution >= 0.6 is 0 Å². The van der Waals surface area contributed by atoms with Crippen molar-refractivity contribution < 1.29 is 4.74 Å². The first-order chi connectivity index (χ1) is 6.34. The van der Waals surface area contributed by atoms with E-state index in [1.807, 2.05) is 0 Å². The molecule has 0 bridgehead atoms. The highest BCUT2D eigenvalue weighted by Gasteiger charge is 2.28. The van der Waals surface area contributed by atoms with Crippen LogP contribution in [-0.4, -0.2) is 36.7 Å². The average molecular weight is 201 g/mol. The second-order valence-electron chi connectivity index (χ2n) is 5.08. The summed E-state index contributed by atoms with van der Waals surface area (Å²) >= 11 is 0. The van der Waals surface area contributed by atoms with Crippen LogP contribution in [0.4, 0.5) is 0 Å². The van der Waals surface area contributed by atoms with Crippen LogP contribution in [0, 0.1) is 0 Å². The number of methoxy groups -OCH3 is 1. The molecule has 2 unspecified atom stereocenters. The Morgan fingerprint density at radius 3 is 2.07 bits per heavy atom. The van der Waals surface area contributed by atoms with Gasteiger partial charge in [-0.05, 0) is 41.2 Å². The molecule has 0 radical (unpaired) electrons. The third-order valence-electron chi connectivity index (χ3n) is 3.05. The van der Waals surface area contributed by atoms with Gasteiger partial charge in [-0.1, -0.05) is 13.3 Å². The molecule has 0 saturated carbocycles. The van der Waals surface area contributed by atoms with Crippen molar-refractivity contribution in [2.75, 3.05) is 14.2 Å². The third-order valence-corrected chi connectivity index (χ3v) is 3.05. The normalized spacial score (nSPS) is 17.1. The molecule has 0 fully saturated rings. The maximum Gasteiger partial charge on any atom is 0.0698 e. The van der Waals surface area contributed by atoms with E-state index in [9.17, 15) is 0 Å². The maximum atomic E-state index is 5.44. The van der Waals surface area contributed by atoms with Crippen LogP contribution in [0.1, 0.15) is 47.5 Å². The molecule has 0 aliphatic heterocycles. The molecule has 0 amide bonds. The molecule has 0 spiro atoms. The predicted octanol–water partition coefficient (Wildman–Crippen LogP) is 2.92. The van der Waals surface area contributed by atoms with E-state index in [4.69, 9.17) is 4.74 Å². The number of hydrogen-bond donors (Lipinski definition) is 0. The highest BCUT2D eigenvalue weighted by Crippen LogP contribution is 2.20. The first kappa shape index (κ1) is 13.9. The zero-order valence-electron chi connectivity index (χ0n) is 10.9. The number of rotatable bonds is 5. The summed E-state index contributed by atoms with van der Waals surface area (Å²) in [6, 6.07) is 0.519. The quantitative estimate of drug-likeness (QED) is 0.678. The van der Waals surface area contributed by atoms with Gasteiger partial charge in [0.25, 0.3) is 0 Å². The van der Waals surface area contributed by atoms with Gasteiger partial charge in [-0.25, -0.2) is 0 Å². The smallest absolute Gasteiger partial charge is 0.0698 e. The van der Waals surface area contributed by atoms with Crippen molar-refractivity contribution in [3.05, 3.63) is 0 Å². The molecule has 0 heterocycles. The van der Waals surface area contributed by atoms with E-state index < -0.39 is 0 Å². The maximum absolute atomic E-state index is 5.44. The van der Waals surface area contributed by atoms with Gasteiger partial charge >= 0.3 is 0 Å². The van der Waals surface area contributed by atoms with E-state index in [0.717, 1.165) is 0 Å². The van der Waals surface area contributed by atoms with Gasteiger partial charge in [0, 0.05) is 18.7 Å². The Kier molecular flexibility index (Phi) is 5.68. The van der Waals surface area contributed by atoms with Crippen LogP contribution in [0.5, 0.6) is 0 Å². The molecule has 0 saturated heterocycles. The zero-order chi connectivity index (χ0) is 11.4. The van der Waals surface area contributed by atoms with Gasteiger partial charge in [0.05, 0.1) is 6.10 Å². The Hall–Kier alpha value is -0.0800. The second kappa shape index (κ2) is 5.72. The van der Waals surface area contributed by atoms with Crippen LogP contribution in [-0.2, 0) is 4.74 Å². The summed E-state index contributed by atoms with van der Waals surface area (Å²) in [5.41, 5.74) is 0.215. The van der Waals surface area contributed by atoms with E-state index in [1.54, 1.807) is 7.11 Å². The van der Waals surface area contributed by atoms with Crippen LogP contribution in [0.25, 0.3) is 0 Å². The molecule has 2 nitrogen and oxygen atoms in total. The van der Waals surface area contributed by atoms with E-state index >= 15 is 0 Å². The standard InChI is InChI=1S/C12H27NO/c1-8-9-11(10(2)14-7)13(6)12(3,4)5/h10-11H,8-9H2,1-7H3. The van der Waals surface area contributed by atoms with Crippen LogP contribution in [0.15, 0.2) is 0 Å². The van der Waals surface area contributed by atoms with Crippen molar-refractivity contribution in [2.24, 2.45) is 0 Å². The summed E-state index contributed by atoms with van der Waals surface area (Å²) in [7, 11) is 3.99. The van der Waals surface area contributed by atoms with E-state index in [-0.39, 0.29) is 5.54 Å². The molecule has 0 aliphatic rings. The average Bonchev–Trinajstić information content (AvgIpc) is 2.10. The summed E-state index contributed by atoms with van der Waals surface area (Å²) in [5, 5.41) is 0. The van der Waals surface area contributed by atoms with Gasteiger partial charge in [-0.2, -0.15) is 0 Å². The van der Waals surface area contributed by atoms with Gasteiger partial charge in [-0.3, -0.25) is 4.90 Å². The molecule has 0 N–H and O–H groups in total. The molecule has 0 aromatic carbocycles. The van der Waals surface area contributed by atoms with Gasteiger partial charge in [-0.15, -0.1) is 0 Å². The number of ether oxygens (including phenoxy) is 1. The van der Waals surface area contributed by atoms with Gasteiger partial charge in [0.15, 0.2) is 0 Å². The Labute approximate surface area is 89.6 Å². The largest absolute Gasteiger partial charge is 0.380 e. The zero-order valence-corrected chi connectivity index (χ0v) is 10.9. The molecule has 0 aromatic heterocycles. The lowest BCUT2D eigenvalue weighted by Gasteiger charge is -2.41. The third kappa shape index (κ3) is 3.97. The van der Waals surface area contributed by atoms with E-state index in [1.165, 1.54) is 12.8 Å². The second-order valence-corrected chi connectivity index (χ2v) is 5.08. The SMILES string of the molecule is CCCC(C(C)OC)N(C)C(C)(C)C. The van der Waals surface area contributed by atoms with Crippen molar-refractivity contribution in [2.45, 2.75) is 65.1 Å². The fraction of sp³-hybridized carbons (Fsp3) is 1.00. The van der Waals surface area contributed by atoms with Crippen molar-refractivity contribution >= 4 is 0 Å². The molecular weight excluding hydrogens is 174 g/mol. The highest BCUT2D eigenvalue weighted by molar-refractivity contribution is 4.83. The Morgan fingerprint density at radius 1 is 1.29 bits per heavy atom. The van der Waals surface area contributed by atoms with Gasteiger partial charge in [0.2, 0.25) is 0 Å². The lowest BCUT2D eigenvalue weighted by Crippen LogP contribution is -2.50.